The zero-order chi connectivity index (χ0) is 42.0. The van der Waals surface area contributed by atoms with Gasteiger partial charge in [-0.2, -0.15) is 20.2 Å². The Morgan fingerprint density at radius 2 is 1.00 bits per heavy atom. The summed E-state index contributed by atoms with van der Waals surface area (Å²) in [7, 11) is 3.52. The van der Waals surface area contributed by atoms with E-state index in [2.05, 4.69) is 20.2 Å². The maximum atomic E-state index is 13.9. The first kappa shape index (κ1) is 41.2. The number of carbonyl (C=O) groups excluding carboxylic acids is 4. The van der Waals surface area contributed by atoms with E-state index in [9.17, 15) is 19.2 Å². The van der Waals surface area contributed by atoms with Crippen molar-refractivity contribution in [2.24, 2.45) is 35.5 Å². The number of nitrogens with zero attached hydrogens (tertiary/aromatic N) is 10. The third-order valence-corrected chi connectivity index (χ3v) is 10.1. The van der Waals surface area contributed by atoms with Crippen molar-refractivity contribution in [2.75, 3.05) is 13.2 Å². The van der Waals surface area contributed by atoms with Crippen LogP contribution in [0.1, 0.15) is 80.8 Å². The number of imidazole rings is 2. The molecule has 2 atom stereocenters. The number of hydrogen-bond acceptors (Lipinski definition) is 8. The van der Waals surface area contributed by atoms with Gasteiger partial charge in [0, 0.05) is 51.5 Å². The smallest absolute Gasteiger partial charge is 0.298 e. The summed E-state index contributed by atoms with van der Waals surface area (Å²) in [6.07, 6.45) is -1.33. The standard InChI is InChI=1S/C40H50N12O6/c1-9-51-31(17-23(5)45-51)37(55)43-39-47(7)29-19-25(35(41)53)13-15-27(29)49(39)21-33(57-11-3)34(58-12-4)22-50-28-16-14-26(36(42)54)20-30(28)48(8)40(50)44-38(56)32-18-24(6)46-52(32)10-2/h13-20,33-34H,9-12,21-22H2,1-8H3,(H2,41,53)(H2,42,54)/b43-39+,44-40+/t33-,34-/m0/s1. The fourth-order valence-corrected chi connectivity index (χ4v) is 7.33. The van der Waals surface area contributed by atoms with E-state index in [0.717, 1.165) is 0 Å². The van der Waals surface area contributed by atoms with Crippen LogP contribution in [0, 0.1) is 13.8 Å². The van der Waals surface area contributed by atoms with Gasteiger partial charge in [0.05, 0.1) is 46.5 Å². The van der Waals surface area contributed by atoms with Crippen LogP contribution < -0.4 is 22.7 Å². The Morgan fingerprint density at radius 1 is 0.621 bits per heavy atom. The summed E-state index contributed by atoms with van der Waals surface area (Å²) in [5.74, 6) is -2.19. The highest BCUT2D eigenvalue weighted by molar-refractivity contribution is 5.98. The number of benzene rings is 2. The fraction of sp³-hybridized carbons (Fsp3) is 0.400. The zero-order valence-corrected chi connectivity index (χ0v) is 34.1. The molecule has 0 aliphatic carbocycles. The summed E-state index contributed by atoms with van der Waals surface area (Å²) in [6, 6.07) is 13.5. The second kappa shape index (κ2) is 17.0. The van der Waals surface area contributed by atoms with E-state index in [4.69, 9.17) is 20.9 Å². The third kappa shape index (κ3) is 7.92. The van der Waals surface area contributed by atoms with Gasteiger partial charge in [0.15, 0.2) is 0 Å². The number of hydrogen-bond donors (Lipinski definition) is 2. The van der Waals surface area contributed by atoms with Crippen molar-refractivity contribution < 1.29 is 28.7 Å². The van der Waals surface area contributed by atoms with Crippen LogP contribution in [0.4, 0.5) is 0 Å². The second-order valence-corrected chi connectivity index (χ2v) is 13.9. The average Bonchev–Trinajstić information content (AvgIpc) is 3.92. The molecule has 306 valence electrons. The summed E-state index contributed by atoms with van der Waals surface area (Å²) in [4.78, 5) is 61.5. The SMILES string of the molecule is CCO[C@@H](Cn1/c(=N/C(=O)c2cc(C)nn2CC)n(C)c2cc(C(N)=O)ccc21)[C@H](Cn1/c(=N/C(=O)c2cc(C)nn2CC)n(C)c2cc(C(N)=O)ccc21)OCC. The molecule has 0 saturated carbocycles. The Bertz CT molecular complexity index is 2520. The monoisotopic (exact) mass is 794 g/mol. The number of fused-ring (bicyclic) bond motifs is 2. The highest BCUT2D eigenvalue weighted by Crippen LogP contribution is 2.21. The molecule has 6 rings (SSSR count). The number of aryl methyl sites for hydroxylation is 6. The molecule has 0 bridgehead atoms. The Labute approximate surface area is 334 Å². The normalized spacial score (nSPS) is 13.5. The van der Waals surface area contributed by atoms with E-state index in [1.165, 1.54) is 0 Å². The van der Waals surface area contributed by atoms with Crippen LogP contribution in [0.3, 0.4) is 0 Å². The first-order valence-electron chi connectivity index (χ1n) is 19.2. The number of aromatic nitrogens is 8. The van der Waals surface area contributed by atoms with Crippen LogP contribution >= 0.6 is 0 Å². The Morgan fingerprint density at radius 3 is 1.33 bits per heavy atom. The Balaban J connectivity index is 1.52. The zero-order valence-electron chi connectivity index (χ0n) is 34.1. The van der Waals surface area contributed by atoms with Crippen molar-refractivity contribution in [2.45, 2.75) is 79.9 Å². The van der Waals surface area contributed by atoms with Gasteiger partial charge in [0.25, 0.3) is 11.8 Å². The van der Waals surface area contributed by atoms with Crippen molar-refractivity contribution in [1.29, 1.82) is 0 Å². The van der Waals surface area contributed by atoms with Crippen molar-refractivity contribution in [1.82, 2.24) is 37.8 Å². The lowest BCUT2D eigenvalue weighted by atomic mass is 10.1. The Hall–Kier alpha value is -6.40. The number of ether oxygens (including phenoxy) is 2. The van der Waals surface area contributed by atoms with Crippen molar-refractivity contribution >= 4 is 45.7 Å². The molecule has 6 aromatic rings. The topological polar surface area (TPSA) is 219 Å². The molecule has 0 fully saturated rings. The van der Waals surface area contributed by atoms with Gasteiger partial charge in [-0.1, -0.05) is 0 Å². The molecule has 18 nitrogen and oxygen atoms in total. The van der Waals surface area contributed by atoms with Crippen LogP contribution in [0.25, 0.3) is 22.1 Å². The molecular formula is C40H50N12O6. The van der Waals surface area contributed by atoms with Gasteiger partial charge in [-0.25, -0.2) is 0 Å². The van der Waals surface area contributed by atoms with Crippen LogP contribution in [-0.4, -0.2) is 86.9 Å². The molecule has 4 heterocycles. The highest BCUT2D eigenvalue weighted by Gasteiger charge is 2.28. The quantitative estimate of drug-likeness (QED) is 0.157. The molecule has 0 unspecified atom stereocenters. The van der Waals surface area contributed by atoms with E-state index < -0.39 is 35.8 Å². The van der Waals surface area contributed by atoms with E-state index in [-0.39, 0.29) is 13.1 Å². The predicted octanol–water partition coefficient (Wildman–Crippen LogP) is 2.51. The molecular weight excluding hydrogens is 745 g/mol. The summed E-state index contributed by atoms with van der Waals surface area (Å²) in [6.45, 7) is 13.0. The fourth-order valence-electron chi connectivity index (χ4n) is 7.33. The lowest BCUT2D eigenvalue weighted by Gasteiger charge is -2.28. The molecule has 0 spiro atoms. The summed E-state index contributed by atoms with van der Waals surface area (Å²) in [5.41, 5.74) is 17.1. The molecule has 0 aliphatic rings. The van der Waals surface area contributed by atoms with E-state index >= 15 is 0 Å². The largest absolute Gasteiger partial charge is 0.374 e. The van der Waals surface area contributed by atoms with Gasteiger partial charge in [-0.3, -0.25) is 28.5 Å². The number of amides is 4. The van der Waals surface area contributed by atoms with Crippen molar-refractivity contribution in [3.8, 4) is 0 Å². The number of rotatable bonds is 15. The summed E-state index contributed by atoms with van der Waals surface area (Å²) < 4.78 is 23.3. The number of primary amides is 2. The molecule has 4 aromatic heterocycles. The van der Waals surface area contributed by atoms with Gasteiger partial charge in [0.1, 0.15) is 23.6 Å². The maximum absolute atomic E-state index is 13.9. The van der Waals surface area contributed by atoms with Gasteiger partial charge in [-0.05, 0) is 90.1 Å². The third-order valence-electron chi connectivity index (χ3n) is 10.1. The summed E-state index contributed by atoms with van der Waals surface area (Å²) >= 11 is 0. The van der Waals surface area contributed by atoms with Crippen LogP contribution in [0.5, 0.6) is 0 Å². The average molecular weight is 795 g/mol. The lowest BCUT2D eigenvalue weighted by Crippen LogP contribution is -2.43. The second-order valence-electron chi connectivity index (χ2n) is 13.9. The minimum atomic E-state index is -0.663. The van der Waals surface area contributed by atoms with Gasteiger partial charge < -0.3 is 39.2 Å². The first-order chi connectivity index (χ1) is 27.7. The molecule has 4 N–H and O–H groups in total. The molecule has 2 aromatic carbocycles. The van der Waals surface area contributed by atoms with E-state index in [1.807, 2.05) is 50.7 Å². The lowest BCUT2D eigenvalue weighted by molar-refractivity contribution is -0.0800. The minimum Gasteiger partial charge on any atom is -0.374 e. The molecule has 0 aliphatic heterocycles. The van der Waals surface area contributed by atoms with E-state index in [0.29, 0.717) is 93.5 Å². The van der Waals surface area contributed by atoms with Gasteiger partial charge in [0.2, 0.25) is 23.1 Å². The van der Waals surface area contributed by atoms with E-state index in [1.54, 1.807) is 81.1 Å². The molecule has 58 heavy (non-hydrogen) atoms. The van der Waals surface area contributed by atoms with Crippen molar-refractivity contribution in [3.05, 3.63) is 93.7 Å². The van der Waals surface area contributed by atoms with Gasteiger partial charge in [-0.15, -0.1) is 0 Å². The molecule has 4 amide bonds. The summed E-state index contributed by atoms with van der Waals surface area (Å²) in [5, 5.41) is 8.86. The van der Waals surface area contributed by atoms with Crippen LogP contribution in [0.15, 0.2) is 58.5 Å². The Kier molecular flexibility index (Phi) is 12.1. The van der Waals surface area contributed by atoms with Gasteiger partial charge >= 0.3 is 0 Å². The van der Waals surface area contributed by atoms with Crippen molar-refractivity contribution in [3.63, 3.8) is 0 Å². The molecule has 0 saturated heterocycles. The molecule has 0 radical (unpaired) electrons. The first-order valence-corrected chi connectivity index (χ1v) is 19.2. The number of carbonyl (C=O) groups is 4. The minimum absolute atomic E-state index is 0.154. The van der Waals surface area contributed by atoms with Crippen LogP contribution in [-0.2, 0) is 49.7 Å². The van der Waals surface area contributed by atoms with Crippen LogP contribution in [0.2, 0.25) is 0 Å². The highest BCUT2D eigenvalue weighted by atomic mass is 16.5. The molecule has 18 heteroatoms. The number of nitrogens with two attached hydrogens (primary N) is 2. The predicted molar refractivity (Wildman–Crippen MR) is 215 cm³/mol. The maximum Gasteiger partial charge on any atom is 0.298 e.